The molecule has 28 heavy (non-hydrogen) atoms. The molecule has 146 valence electrons. The van der Waals surface area contributed by atoms with Gasteiger partial charge in [0.25, 0.3) is 5.92 Å². The van der Waals surface area contributed by atoms with E-state index >= 15 is 0 Å². The molecular formula is C20H21F2N5O. The van der Waals surface area contributed by atoms with E-state index in [0.717, 1.165) is 17.4 Å². The Labute approximate surface area is 161 Å². The largest absolute Gasteiger partial charge is 0.350 e. The molecule has 6 nitrogen and oxygen atoms in total. The van der Waals surface area contributed by atoms with Gasteiger partial charge in [0.1, 0.15) is 17.6 Å². The van der Waals surface area contributed by atoms with Gasteiger partial charge in [-0.05, 0) is 24.1 Å². The number of nitrogens with one attached hydrogen (secondary N) is 1. The molecule has 1 saturated heterocycles. The van der Waals surface area contributed by atoms with Gasteiger partial charge in [-0.2, -0.15) is 0 Å². The minimum Gasteiger partial charge on any atom is -0.350 e. The quantitative estimate of drug-likeness (QED) is 0.679. The molecule has 1 N–H and O–H groups in total. The Morgan fingerprint density at radius 2 is 2.18 bits per heavy atom. The zero-order chi connectivity index (χ0) is 19.9. The van der Waals surface area contributed by atoms with E-state index in [1.165, 1.54) is 0 Å². The Bertz CT molecular complexity index is 1030. The first-order valence-electron chi connectivity index (χ1n) is 9.15. The first kappa shape index (κ1) is 18.5. The monoisotopic (exact) mass is 385 g/mol. The number of hydrogen-bond donors (Lipinski definition) is 1. The standard InChI is InChI=1S/C20H21F2N5O/c1-19(2,12-28)8-14-9-24-18-17(14)26-15(10-25-18)13-3-5-23-16(7-13)27-6-4-20(21,22)11-27/h3,5,7,9-10,12H,4,6,8,11H2,1-2H3,(H,24,25). The lowest BCUT2D eigenvalue weighted by Crippen LogP contribution is -2.25. The minimum absolute atomic E-state index is 0.163. The second-order valence-electron chi connectivity index (χ2n) is 7.98. The zero-order valence-electron chi connectivity index (χ0n) is 15.7. The van der Waals surface area contributed by atoms with E-state index in [9.17, 15) is 13.6 Å². The molecule has 0 saturated carbocycles. The molecule has 0 atom stereocenters. The maximum atomic E-state index is 13.5. The first-order valence-corrected chi connectivity index (χ1v) is 9.15. The number of nitrogens with zero attached hydrogens (tertiary/aromatic N) is 4. The van der Waals surface area contributed by atoms with E-state index in [1.807, 2.05) is 20.0 Å². The van der Waals surface area contributed by atoms with Crippen LogP contribution < -0.4 is 4.90 Å². The topological polar surface area (TPSA) is 74.8 Å². The molecule has 0 aromatic carbocycles. The maximum absolute atomic E-state index is 13.5. The molecule has 0 aliphatic carbocycles. The maximum Gasteiger partial charge on any atom is 0.266 e. The fourth-order valence-electron chi connectivity index (χ4n) is 3.43. The van der Waals surface area contributed by atoms with Crippen molar-refractivity contribution >= 4 is 23.3 Å². The fraction of sp³-hybridized carbons (Fsp3) is 0.400. The highest BCUT2D eigenvalue weighted by Gasteiger charge is 2.38. The van der Waals surface area contributed by atoms with Crippen molar-refractivity contribution in [1.82, 2.24) is 19.9 Å². The van der Waals surface area contributed by atoms with E-state index in [4.69, 9.17) is 4.98 Å². The summed E-state index contributed by atoms with van der Waals surface area (Å²) in [4.78, 5) is 29.3. The van der Waals surface area contributed by atoms with Crippen LogP contribution in [-0.2, 0) is 11.2 Å². The summed E-state index contributed by atoms with van der Waals surface area (Å²) in [6, 6.07) is 3.55. The number of carbonyl (C=O) groups is 1. The Kier molecular flexibility index (Phi) is 4.36. The van der Waals surface area contributed by atoms with Gasteiger partial charge in [0, 0.05) is 36.3 Å². The van der Waals surface area contributed by atoms with Crippen molar-refractivity contribution in [3.63, 3.8) is 0 Å². The van der Waals surface area contributed by atoms with Crippen molar-refractivity contribution in [2.45, 2.75) is 32.6 Å². The molecular weight excluding hydrogens is 364 g/mol. The number of pyridine rings is 1. The molecule has 1 aliphatic heterocycles. The predicted molar refractivity (Wildman–Crippen MR) is 102 cm³/mol. The van der Waals surface area contributed by atoms with Crippen molar-refractivity contribution in [2.75, 3.05) is 18.0 Å². The van der Waals surface area contributed by atoms with Crippen LogP contribution in [0.5, 0.6) is 0 Å². The summed E-state index contributed by atoms with van der Waals surface area (Å²) in [6.45, 7) is 3.70. The van der Waals surface area contributed by atoms with Crippen LogP contribution in [0.1, 0.15) is 25.8 Å². The molecule has 0 spiro atoms. The molecule has 0 unspecified atom stereocenters. The average molecular weight is 385 g/mol. The van der Waals surface area contributed by atoms with E-state index in [-0.39, 0.29) is 19.5 Å². The van der Waals surface area contributed by atoms with Crippen molar-refractivity contribution in [3.05, 3.63) is 36.3 Å². The van der Waals surface area contributed by atoms with Crippen LogP contribution in [0, 0.1) is 5.41 Å². The molecule has 3 aromatic heterocycles. The molecule has 0 radical (unpaired) electrons. The van der Waals surface area contributed by atoms with E-state index in [1.54, 1.807) is 29.4 Å². The number of anilines is 1. The van der Waals surface area contributed by atoms with Crippen LogP contribution >= 0.6 is 0 Å². The normalized spacial score (nSPS) is 16.6. The second kappa shape index (κ2) is 6.61. The van der Waals surface area contributed by atoms with Gasteiger partial charge < -0.3 is 14.7 Å². The third-order valence-corrected chi connectivity index (χ3v) is 4.96. The Hall–Kier alpha value is -2.90. The number of rotatable bonds is 5. The number of aldehydes is 1. The number of alkyl halides is 2. The lowest BCUT2D eigenvalue weighted by Gasteiger charge is -2.17. The van der Waals surface area contributed by atoms with E-state index < -0.39 is 11.3 Å². The van der Waals surface area contributed by atoms with Crippen molar-refractivity contribution in [1.29, 1.82) is 0 Å². The van der Waals surface area contributed by atoms with Crippen LogP contribution in [0.15, 0.2) is 30.7 Å². The lowest BCUT2D eigenvalue weighted by atomic mass is 9.88. The van der Waals surface area contributed by atoms with Crippen LogP contribution in [-0.4, -0.2) is 45.2 Å². The second-order valence-corrected chi connectivity index (χ2v) is 7.98. The summed E-state index contributed by atoms with van der Waals surface area (Å²) >= 11 is 0. The Morgan fingerprint density at radius 3 is 2.89 bits per heavy atom. The molecule has 1 aliphatic rings. The van der Waals surface area contributed by atoms with Gasteiger partial charge in [0.15, 0.2) is 5.65 Å². The van der Waals surface area contributed by atoms with Gasteiger partial charge in [0.2, 0.25) is 0 Å². The molecule has 0 bridgehead atoms. The molecule has 4 heterocycles. The summed E-state index contributed by atoms with van der Waals surface area (Å²) in [7, 11) is 0. The number of fused-ring (bicyclic) bond motifs is 1. The van der Waals surface area contributed by atoms with Gasteiger partial charge in [0.05, 0.1) is 18.4 Å². The summed E-state index contributed by atoms with van der Waals surface area (Å²) in [5, 5.41) is 0. The minimum atomic E-state index is -2.68. The average Bonchev–Trinajstić information content (AvgIpc) is 3.24. The van der Waals surface area contributed by atoms with Gasteiger partial charge in [-0.3, -0.25) is 0 Å². The smallest absolute Gasteiger partial charge is 0.266 e. The molecule has 3 aromatic rings. The number of H-pyrrole nitrogens is 1. The van der Waals surface area contributed by atoms with Gasteiger partial charge in [-0.25, -0.2) is 23.7 Å². The van der Waals surface area contributed by atoms with Gasteiger partial charge in [-0.1, -0.05) is 13.8 Å². The van der Waals surface area contributed by atoms with Crippen molar-refractivity contribution in [3.8, 4) is 11.3 Å². The highest BCUT2D eigenvalue weighted by Crippen LogP contribution is 2.32. The van der Waals surface area contributed by atoms with E-state index in [2.05, 4.69) is 15.0 Å². The Balaban J connectivity index is 1.68. The van der Waals surface area contributed by atoms with Crippen LogP contribution in [0.25, 0.3) is 22.4 Å². The SMILES string of the molecule is CC(C)(C=O)Cc1c[nH]c2ncc(-c3ccnc(N4CCC(F)(F)C4)c3)nc12. The van der Waals surface area contributed by atoms with Gasteiger partial charge >= 0.3 is 0 Å². The molecule has 8 heteroatoms. The van der Waals surface area contributed by atoms with E-state index in [0.29, 0.717) is 29.1 Å². The Morgan fingerprint density at radius 1 is 1.36 bits per heavy atom. The van der Waals surface area contributed by atoms with Crippen LogP contribution in [0.3, 0.4) is 0 Å². The first-order chi connectivity index (χ1) is 13.3. The third kappa shape index (κ3) is 3.58. The summed E-state index contributed by atoms with van der Waals surface area (Å²) in [5.74, 6) is -2.17. The predicted octanol–water partition coefficient (Wildman–Crippen LogP) is 3.63. The fourth-order valence-corrected chi connectivity index (χ4v) is 3.43. The summed E-state index contributed by atoms with van der Waals surface area (Å²) in [5.41, 5.74) is 3.16. The summed E-state index contributed by atoms with van der Waals surface area (Å²) in [6.07, 6.45) is 6.38. The number of carbonyl (C=O) groups excluding carboxylic acids is 1. The number of aromatic nitrogens is 4. The molecule has 1 fully saturated rings. The number of aromatic amines is 1. The summed E-state index contributed by atoms with van der Waals surface area (Å²) < 4.78 is 27.1. The van der Waals surface area contributed by atoms with Crippen LogP contribution in [0.2, 0.25) is 0 Å². The van der Waals surface area contributed by atoms with Gasteiger partial charge in [-0.15, -0.1) is 0 Å². The molecule has 0 amide bonds. The molecule has 4 rings (SSSR count). The number of halogens is 2. The lowest BCUT2D eigenvalue weighted by molar-refractivity contribution is -0.114. The van der Waals surface area contributed by atoms with Crippen molar-refractivity contribution < 1.29 is 13.6 Å². The van der Waals surface area contributed by atoms with Crippen LogP contribution in [0.4, 0.5) is 14.6 Å². The zero-order valence-corrected chi connectivity index (χ0v) is 15.7. The van der Waals surface area contributed by atoms with Crippen molar-refractivity contribution in [2.24, 2.45) is 5.41 Å². The highest BCUT2D eigenvalue weighted by atomic mass is 19.3. The highest BCUT2D eigenvalue weighted by molar-refractivity contribution is 5.79. The number of hydrogen-bond acceptors (Lipinski definition) is 5. The third-order valence-electron chi connectivity index (χ3n) is 4.96.